The van der Waals surface area contributed by atoms with Crippen LogP contribution in [0.15, 0.2) is 16.7 Å². The van der Waals surface area contributed by atoms with Crippen molar-refractivity contribution in [1.82, 2.24) is 10.1 Å². The van der Waals surface area contributed by atoms with Crippen LogP contribution in [0.2, 0.25) is 5.02 Å². The van der Waals surface area contributed by atoms with Gasteiger partial charge >= 0.3 is 0 Å². The highest BCUT2D eigenvalue weighted by atomic mass is 35.5. The van der Waals surface area contributed by atoms with E-state index >= 15 is 0 Å². The van der Waals surface area contributed by atoms with E-state index in [1.54, 1.807) is 13.2 Å². The highest BCUT2D eigenvalue weighted by Gasteiger charge is 2.24. The first-order valence-corrected chi connectivity index (χ1v) is 6.65. The Morgan fingerprint density at radius 3 is 2.55 bits per heavy atom. The van der Waals surface area contributed by atoms with Gasteiger partial charge in [-0.3, -0.25) is 0 Å². The van der Waals surface area contributed by atoms with Crippen LogP contribution in [0.4, 0.5) is 0 Å². The molecule has 0 amide bonds. The second-order valence-corrected chi connectivity index (χ2v) is 5.94. The predicted octanol–water partition coefficient (Wildman–Crippen LogP) is 3.15. The van der Waals surface area contributed by atoms with Crippen molar-refractivity contribution in [2.75, 3.05) is 7.11 Å². The van der Waals surface area contributed by atoms with Gasteiger partial charge in [-0.05, 0) is 17.5 Å². The van der Waals surface area contributed by atoms with Crippen molar-refractivity contribution in [3.8, 4) is 17.1 Å². The van der Waals surface area contributed by atoms with Gasteiger partial charge in [0.05, 0.1) is 19.2 Å². The molecule has 2 aromatic rings. The fraction of sp³-hybridized carbons (Fsp3) is 0.429. The van der Waals surface area contributed by atoms with Gasteiger partial charge in [0.2, 0.25) is 11.7 Å². The lowest BCUT2D eigenvalue weighted by Crippen LogP contribution is -2.13. The van der Waals surface area contributed by atoms with Gasteiger partial charge in [-0.2, -0.15) is 4.98 Å². The number of rotatable bonds is 3. The quantitative estimate of drug-likeness (QED) is 0.941. The van der Waals surface area contributed by atoms with Crippen LogP contribution >= 0.6 is 11.6 Å². The van der Waals surface area contributed by atoms with E-state index in [0.717, 1.165) is 5.56 Å². The predicted molar refractivity (Wildman–Crippen MR) is 77.9 cm³/mol. The molecule has 5 nitrogen and oxygen atoms in total. The van der Waals surface area contributed by atoms with Crippen LogP contribution in [-0.2, 0) is 12.0 Å². The van der Waals surface area contributed by atoms with Crippen molar-refractivity contribution in [1.29, 1.82) is 0 Å². The maximum Gasteiger partial charge on any atom is 0.240 e. The lowest BCUT2D eigenvalue weighted by atomic mass is 9.85. The summed E-state index contributed by atoms with van der Waals surface area (Å²) < 4.78 is 10.6. The number of benzene rings is 1. The number of hydrogen-bond donors (Lipinski definition) is 1. The number of nitrogens with two attached hydrogens (primary N) is 1. The summed E-state index contributed by atoms with van der Waals surface area (Å²) in [6, 6.07) is 3.66. The molecule has 1 heterocycles. The van der Waals surface area contributed by atoms with E-state index < -0.39 is 0 Å². The van der Waals surface area contributed by atoms with Gasteiger partial charge < -0.3 is 15.0 Å². The average molecular weight is 296 g/mol. The molecule has 0 unspecified atom stereocenters. The molecule has 1 aromatic carbocycles. The second kappa shape index (κ2) is 5.42. The lowest BCUT2D eigenvalue weighted by Gasteiger charge is -2.23. The molecule has 20 heavy (non-hydrogen) atoms. The van der Waals surface area contributed by atoms with Crippen LogP contribution in [0.1, 0.15) is 32.2 Å². The summed E-state index contributed by atoms with van der Waals surface area (Å²) in [5.41, 5.74) is 7.06. The van der Waals surface area contributed by atoms with Crippen LogP contribution < -0.4 is 10.5 Å². The summed E-state index contributed by atoms with van der Waals surface area (Å²) in [6.07, 6.45) is 0. The smallest absolute Gasteiger partial charge is 0.240 e. The Bertz CT molecular complexity index is 617. The first-order valence-electron chi connectivity index (χ1n) is 6.28. The molecule has 0 radical (unpaired) electrons. The SMILES string of the molecule is COc1c(-c2noc(CN)n2)cc(Cl)cc1C(C)(C)C. The number of ether oxygens (including phenoxy) is 1. The van der Waals surface area contributed by atoms with Crippen molar-refractivity contribution < 1.29 is 9.26 Å². The normalized spacial score (nSPS) is 11.7. The Kier molecular flexibility index (Phi) is 4.01. The van der Waals surface area contributed by atoms with E-state index in [9.17, 15) is 0 Å². The zero-order valence-electron chi connectivity index (χ0n) is 12.0. The van der Waals surface area contributed by atoms with Gasteiger partial charge in [-0.25, -0.2) is 0 Å². The van der Waals surface area contributed by atoms with Crippen molar-refractivity contribution >= 4 is 11.6 Å². The molecular formula is C14H18ClN3O2. The maximum atomic E-state index is 6.21. The number of methoxy groups -OCH3 is 1. The molecule has 0 spiro atoms. The molecule has 2 N–H and O–H groups in total. The van der Waals surface area contributed by atoms with Gasteiger partial charge in [0.15, 0.2) is 0 Å². The van der Waals surface area contributed by atoms with Gasteiger partial charge in [0.25, 0.3) is 0 Å². The van der Waals surface area contributed by atoms with Gasteiger partial charge in [-0.1, -0.05) is 37.5 Å². The molecular weight excluding hydrogens is 278 g/mol. The summed E-state index contributed by atoms with van der Waals surface area (Å²) in [7, 11) is 1.62. The Morgan fingerprint density at radius 2 is 2.05 bits per heavy atom. The maximum absolute atomic E-state index is 6.21. The largest absolute Gasteiger partial charge is 0.496 e. The molecule has 108 valence electrons. The molecule has 0 fully saturated rings. The first kappa shape index (κ1) is 14.8. The monoisotopic (exact) mass is 295 g/mol. The molecule has 0 saturated carbocycles. The van der Waals surface area contributed by atoms with Crippen LogP contribution in [-0.4, -0.2) is 17.3 Å². The second-order valence-electron chi connectivity index (χ2n) is 5.50. The first-order chi connectivity index (χ1) is 9.36. The lowest BCUT2D eigenvalue weighted by molar-refractivity contribution is 0.379. The fourth-order valence-corrected chi connectivity index (χ4v) is 2.20. The van der Waals surface area contributed by atoms with Crippen LogP contribution in [0, 0.1) is 0 Å². The van der Waals surface area contributed by atoms with E-state index in [1.165, 1.54) is 0 Å². The third-order valence-corrected chi connectivity index (χ3v) is 3.17. The van der Waals surface area contributed by atoms with Crippen molar-refractivity contribution in [3.05, 3.63) is 28.6 Å². The summed E-state index contributed by atoms with van der Waals surface area (Å²) in [5.74, 6) is 1.50. The zero-order valence-corrected chi connectivity index (χ0v) is 12.8. The van der Waals surface area contributed by atoms with Gasteiger partial charge in [-0.15, -0.1) is 0 Å². The molecule has 0 aliphatic heterocycles. The third kappa shape index (κ3) is 2.78. The molecule has 0 aliphatic rings. The number of nitrogens with zero attached hydrogens (tertiary/aromatic N) is 2. The molecule has 0 aliphatic carbocycles. The van der Waals surface area contributed by atoms with Crippen molar-refractivity contribution in [2.45, 2.75) is 32.7 Å². The minimum atomic E-state index is -0.120. The Morgan fingerprint density at radius 1 is 1.35 bits per heavy atom. The van der Waals surface area contributed by atoms with Crippen LogP contribution in [0.3, 0.4) is 0 Å². The van der Waals surface area contributed by atoms with E-state index in [2.05, 4.69) is 30.9 Å². The summed E-state index contributed by atoms with van der Waals surface area (Å²) in [4.78, 5) is 4.23. The van der Waals surface area contributed by atoms with E-state index in [0.29, 0.717) is 28.1 Å². The number of hydrogen-bond acceptors (Lipinski definition) is 5. The van der Waals surface area contributed by atoms with Crippen molar-refractivity contribution in [3.63, 3.8) is 0 Å². The summed E-state index contributed by atoms with van der Waals surface area (Å²) in [5, 5.41) is 4.53. The molecule has 6 heteroatoms. The third-order valence-electron chi connectivity index (χ3n) is 2.95. The van der Waals surface area contributed by atoms with E-state index in [4.69, 9.17) is 26.6 Å². The number of halogens is 1. The fourth-order valence-electron chi connectivity index (χ4n) is 1.98. The standard InChI is InChI=1S/C14H18ClN3O2/c1-14(2,3)10-6-8(15)5-9(12(10)19-4)13-17-11(7-16)20-18-13/h5-6H,7,16H2,1-4H3. The topological polar surface area (TPSA) is 74.2 Å². The highest BCUT2D eigenvalue weighted by molar-refractivity contribution is 6.31. The average Bonchev–Trinajstić information content (AvgIpc) is 2.85. The highest BCUT2D eigenvalue weighted by Crippen LogP contribution is 2.40. The molecule has 0 bridgehead atoms. The molecule has 2 rings (SSSR count). The van der Waals surface area contributed by atoms with Gasteiger partial charge in [0, 0.05) is 10.6 Å². The Labute approximate surface area is 123 Å². The Hall–Kier alpha value is -1.59. The van der Waals surface area contributed by atoms with E-state index in [-0.39, 0.29) is 12.0 Å². The molecule has 0 saturated heterocycles. The van der Waals surface area contributed by atoms with Crippen LogP contribution in [0.25, 0.3) is 11.4 Å². The van der Waals surface area contributed by atoms with Crippen molar-refractivity contribution in [2.24, 2.45) is 5.73 Å². The minimum Gasteiger partial charge on any atom is -0.496 e. The van der Waals surface area contributed by atoms with Gasteiger partial charge in [0.1, 0.15) is 5.75 Å². The summed E-state index contributed by atoms with van der Waals surface area (Å²) >= 11 is 6.21. The summed E-state index contributed by atoms with van der Waals surface area (Å²) in [6.45, 7) is 6.47. The number of aromatic nitrogens is 2. The molecule has 1 aromatic heterocycles. The van der Waals surface area contributed by atoms with E-state index in [1.807, 2.05) is 6.07 Å². The molecule has 0 atom stereocenters. The van der Waals surface area contributed by atoms with Crippen LogP contribution in [0.5, 0.6) is 5.75 Å². The Balaban J connectivity index is 2.66. The zero-order chi connectivity index (χ0) is 14.9. The minimum absolute atomic E-state index is 0.120.